The van der Waals surface area contributed by atoms with Gasteiger partial charge >= 0.3 is 0 Å². The van der Waals surface area contributed by atoms with Gasteiger partial charge in [0, 0.05) is 12.2 Å². The predicted octanol–water partition coefficient (Wildman–Crippen LogP) is 4.32. The number of nitrogen functional groups attached to an aromatic ring is 1. The summed E-state index contributed by atoms with van der Waals surface area (Å²) >= 11 is 3.92. The number of thioether (sulfide) groups is 2. The highest BCUT2D eigenvalue weighted by molar-refractivity contribution is 8.17. The first-order chi connectivity index (χ1) is 11.0. The normalized spacial score (nSPS) is 18.0. The van der Waals surface area contributed by atoms with Gasteiger partial charge < -0.3 is 10.6 Å². The minimum atomic E-state index is 0.103. The van der Waals surface area contributed by atoms with Gasteiger partial charge in [0.25, 0.3) is 5.91 Å². The Bertz CT molecular complexity index is 556. The van der Waals surface area contributed by atoms with Crippen molar-refractivity contribution in [2.75, 3.05) is 23.8 Å². The molecule has 1 saturated heterocycles. The zero-order valence-electron chi connectivity index (χ0n) is 14.6. The van der Waals surface area contributed by atoms with E-state index in [-0.39, 0.29) is 5.91 Å². The molecule has 1 amide bonds. The van der Waals surface area contributed by atoms with Gasteiger partial charge in [0.1, 0.15) is 0 Å². The van der Waals surface area contributed by atoms with Gasteiger partial charge in [-0.3, -0.25) is 4.79 Å². The van der Waals surface area contributed by atoms with E-state index in [1.54, 1.807) is 0 Å². The zero-order chi connectivity index (χ0) is 17.0. The maximum atomic E-state index is 13.1. The molecule has 1 fully saturated rings. The van der Waals surface area contributed by atoms with Crippen LogP contribution in [0, 0.1) is 13.8 Å². The molecule has 23 heavy (non-hydrogen) atoms. The maximum Gasteiger partial charge on any atom is 0.256 e. The van der Waals surface area contributed by atoms with Crippen molar-refractivity contribution in [3.05, 3.63) is 28.8 Å². The van der Waals surface area contributed by atoms with Crippen LogP contribution < -0.4 is 5.73 Å². The molecule has 1 heterocycles. The summed E-state index contributed by atoms with van der Waals surface area (Å²) in [4.78, 5) is 15.1. The summed E-state index contributed by atoms with van der Waals surface area (Å²) < 4.78 is 0.462. The van der Waals surface area contributed by atoms with E-state index in [1.807, 2.05) is 49.5 Å². The van der Waals surface area contributed by atoms with Crippen molar-refractivity contribution in [1.82, 2.24) is 4.90 Å². The second-order valence-corrected chi connectivity index (χ2v) is 9.15. The number of likely N-dealkylation sites (tertiary alicyclic amines) is 1. The molecule has 2 N–H and O–H groups in total. The van der Waals surface area contributed by atoms with Gasteiger partial charge in [-0.2, -0.15) is 0 Å². The van der Waals surface area contributed by atoms with E-state index in [0.717, 1.165) is 42.0 Å². The summed E-state index contributed by atoms with van der Waals surface area (Å²) in [5.41, 5.74) is 9.67. The van der Waals surface area contributed by atoms with Gasteiger partial charge in [0.2, 0.25) is 0 Å². The summed E-state index contributed by atoms with van der Waals surface area (Å²) in [5, 5.41) is 0. The molecule has 1 aromatic rings. The molecule has 0 aromatic heterocycles. The van der Waals surface area contributed by atoms with Gasteiger partial charge in [-0.15, -0.1) is 23.5 Å². The number of carbonyl (C=O) groups is 1. The quantitative estimate of drug-likeness (QED) is 0.612. The zero-order valence-corrected chi connectivity index (χ0v) is 16.2. The second-order valence-electron chi connectivity index (χ2n) is 6.01. The Kier molecular flexibility index (Phi) is 6.72. The lowest BCUT2D eigenvalue weighted by molar-refractivity contribution is 0.0747. The largest absolute Gasteiger partial charge is 0.398 e. The third-order valence-electron chi connectivity index (χ3n) is 4.43. The fourth-order valence-corrected chi connectivity index (χ4v) is 5.97. The number of nitrogens with two attached hydrogens (primary N) is 1. The lowest BCUT2D eigenvalue weighted by Gasteiger charge is -2.31. The Morgan fingerprint density at radius 2 is 1.87 bits per heavy atom. The van der Waals surface area contributed by atoms with Crippen LogP contribution in [0.5, 0.6) is 0 Å². The molecule has 0 saturated carbocycles. The van der Waals surface area contributed by atoms with Gasteiger partial charge in [-0.05, 0) is 61.5 Å². The molecule has 1 atom stereocenters. The Balaban J connectivity index is 2.25. The predicted molar refractivity (Wildman–Crippen MR) is 104 cm³/mol. The van der Waals surface area contributed by atoms with E-state index >= 15 is 0 Å². The number of anilines is 1. The molecule has 0 unspecified atom stereocenters. The maximum absolute atomic E-state index is 13.1. The van der Waals surface area contributed by atoms with Crippen molar-refractivity contribution < 1.29 is 4.79 Å². The molecule has 1 aromatic carbocycles. The second kappa shape index (κ2) is 8.34. The first-order valence-corrected chi connectivity index (χ1v) is 10.5. The minimum absolute atomic E-state index is 0.103. The minimum Gasteiger partial charge on any atom is -0.398 e. The van der Waals surface area contributed by atoms with E-state index in [1.165, 1.54) is 0 Å². The van der Waals surface area contributed by atoms with Crippen molar-refractivity contribution in [1.29, 1.82) is 0 Å². The van der Waals surface area contributed by atoms with Crippen LogP contribution in [-0.2, 0) is 0 Å². The van der Waals surface area contributed by atoms with Crippen LogP contribution in [0.2, 0.25) is 0 Å². The lowest BCUT2D eigenvalue weighted by atomic mass is 10.0. The van der Waals surface area contributed by atoms with E-state index in [2.05, 4.69) is 18.7 Å². The van der Waals surface area contributed by atoms with Gasteiger partial charge in [-0.1, -0.05) is 13.8 Å². The van der Waals surface area contributed by atoms with Gasteiger partial charge in [-0.25, -0.2) is 0 Å². The average Bonchev–Trinajstić information content (AvgIpc) is 2.99. The van der Waals surface area contributed by atoms with E-state index in [9.17, 15) is 4.79 Å². The summed E-state index contributed by atoms with van der Waals surface area (Å²) in [6, 6.07) is 4.20. The van der Waals surface area contributed by atoms with Crippen molar-refractivity contribution in [3.63, 3.8) is 0 Å². The lowest BCUT2D eigenvalue weighted by Crippen LogP contribution is -2.41. The molecule has 2 rings (SSSR count). The number of hydrogen-bond acceptors (Lipinski definition) is 4. The van der Waals surface area contributed by atoms with Gasteiger partial charge in [0.05, 0.1) is 16.2 Å². The summed E-state index contributed by atoms with van der Waals surface area (Å²) in [7, 11) is 0. The highest BCUT2D eigenvalue weighted by Crippen LogP contribution is 2.36. The Morgan fingerprint density at radius 3 is 2.48 bits per heavy atom. The number of hydrogen-bond donors (Lipinski definition) is 1. The molecule has 0 bridgehead atoms. The Labute approximate surface area is 148 Å². The van der Waals surface area contributed by atoms with Crippen molar-refractivity contribution >= 4 is 35.1 Å². The number of carbonyl (C=O) groups excluding carboxylic acids is 1. The van der Waals surface area contributed by atoms with Crippen LogP contribution in [0.25, 0.3) is 0 Å². The van der Waals surface area contributed by atoms with Crippen molar-refractivity contribution in [2.45, 2.75) is 51.2 Å². The molecule has 5 heteroatoms. The monoisotopic (exact) mass is 352 g/mol. The van der Waals surface area contributed by atoms with E-state index in [0.29, 0.717) is 21.9 Å². The summed E-state index contributed by atoms with van der Waals surface area (Å²) in [6.07, 6.45) is 2.19. The highest BCUT2D eigenvalue weighted by Gasteiger charge is 2.35. The van der Waals surface area contributed by atoms with Crippen LogP contribution in [0.1, 0.15) is 48.2 Å². The van der Waals surface area contributed by atoms with Crippen LogP contribution in [0.15, 0.2) is 12.1 Å². The van der Waals surface area contributed by atoms with Gasteiger partial charge in [0.15, 0.2) is 0 Å². The smallest absolute Gasteiger partial charge is 0.256 e. The summed E-state index contributed by atoms with van der Waals surface area (Å²) in [6.45, 7) is 9.30. The molecule has 128 valence electrons. The fraction of sp³-hybridized carbons (Fsp3) is 0.611. The SMILES string of the molecule is CCSC(SCC)[C@@H]1CCCN1C(=O)c1cc(C)c(C)cc1N. The summed E-state index contributed by atoms with van der Waals surface area (Å²) in [5.74, 6) is 2.27. The number of rotatable bonds is 6. The number of amides is 1. The average molecular weight is 353 g/mol. The topological polar surface area (TPSA) is 46.3 Å². The Morgan fingerprint density at radius 1 is 1.26 bits per heavy atom. The Hall–Kier alpha value is -0.810. The molecular weight excluding hydrogens is 324 g/mol. The van der Waals surface area contributed by atoms with E-state index in [4.69, 9.17) is 5.73 Å². The van der Waals surface area contributed by atoms with E-state index < -0.39 is 0 Å². The standard InChI is InChI=1S/C18H28N2OS2/c1-5-22-18(23-6-2)16-8-7-9-20(16)17(21)14-10-12(3)13(4)11-15(14)19/h10-11,16,18H,5-9,19H2,1-4H3/t16-/m0/s1. The number of benzene rings is 1. The third-order valence-corrected chi connectivity index (χ3v) is 7.20. The molecular formula is C18H28N2OS2. The fourth-order valence-electron chi connectivity index (χ4n) is 3.10. The number of nitrogens with zero attached hydrogens (tertiary/aromatic N) is 1. The first-order valence-electron chi connectivity index (χ1n) is 8.40. The number of aryl methyl sites for hydroxylation is 2. The molecule has 0 radical (unpaired) electrons. The third kappa shape index (κ3) is 4.18. The van der Waals surface area contributed by atoms with Crippen molar-refractivity contribution in [3.8, 4) is 0 Å². The molecule has 0 spiro atoms. The van der Waals surface area contributed by atoms with Crippen LogP contribution in [0.4, 0.5) is 5.69 Å². The molecule has 3 nitrogen and oxygen atoms in total. The van der Waals surface area contributed by atoms with Crippen LogP contribution >= 0.6 is 23.5 Å². The van der Waals surface area contributed by atoms with Crippen LogP contribution in [-0.4, -0.2) is 39.5 Å². The molecule has 1 aliphatic rings. The highest BCUT2D eigenvalue weighted by atomic mass is 32.2. The first kappa shape index (κ1) is 18.5. The molecule has 1 aliphatic heterocycles. The molecule has 0 aliphatic carbocycles. The van der Waals surface area contributed by atoms with Crippen LogP contribution in [0.3, 0.4) is 0 Å². The van der Waals surface area contributed by atoms with Crippen molar-refractivity contribution in [2.24, 2.45) is 0 Å².